The van der Waals surface area contributed by atoms with Crippen LogP contribution in [0, 0.1) is 11.7 Å². The van der Waals surface area contributed by atoms with Crippen LogP contribution in [0.1, 0.15) is 43.0 Å². The number of rotatable bonds is 5. The third kappa shape index (κ3) is 4.43. The molecule has 0 spiro atoms. The summed E-state index contributed by atoms with van der Waals surface area (Å²) < 4.78 is 12.8. The molecule has 2 rings (SSSR count). The molecule has 1 saturated heterocycles. The Labute approximate surface area is 114 Å². The lowest BCUT2D eigenvalue weighted by Gasteiger charge is -2.30. The predicted molar refractivity (Wildman–Crippen MR) is 74.8 cm³/mol. The minimum atomic E-state index is -0.293. The third-order valence-electron chi connectivity index (χ3n) is 3.79. The maximum atomic E-state index is 12.8. The second kappa shape index (κ2) is 6.80. The van der Waals surface area contributed by atoms with E-state index in [-0.39, 0.29) is 11.6 Å². The van der Waals surface area contributed by atoms with Gasteiger partial charge in [-0.25, -0.2) is 4.39 Å². The fourth-order valence-corrected chi connectivity index (χ4v) is 2.73. The topological polar surface area (TPSA) is 20.3 Å². The highest BCUT2D eigenvalue weighted by molar-refractivity contribution is 5.95. The molecule has 3 heteroatoms. The van der Waals surface area contributed by atoms with Crippen molar-refractivity contribution in [2.75, 3.05) is 19.6 Å². The van der Waals surface area contributed by atoms with Crippen molar-refractivity contribution in [3.63, 3.8) is 0 Å². The number of Topliss-reactive ketones (excluding diaryl/α,β-unsaturated/α-hetero) is 1. The summed E-state index contributed by atoms with van der Waals surface area (Å²) in [4.78, 5) is 14.4. The number of hydrogen-bond acceptors (Lipinski definition) is 2. The number of nitrogens with zero attached hydrogens (tertiary/aromatic N) is 1. The van der Waals surface area contributed by atoms with Crippen molar-refractivity contribution in [1.29, 1.82) is 0 Å². The number of carbonyl (C=O) groups excluding carboxylic acids is 1. The molecule has 1 aliphatic rings. The number of halogens is 1. The van der Waals surface area contributed by atoms with Crippen molar-refractivity contribution in [3.05, 3.63) is 35.6 Å². The SMILES string of the molecule is C[C@@H]1CCCN(CCCC(=O)c2ccc(F)cc2)C1. The van der Waals surface area contributed by atoms with Crippen LogP contribution in [0.3, 0.4) is 0 Å². The van der Waals surface area contributed by atoms with Crippen LogP contribution in [0.2, 0.25) is 0 Å². The van der Waals surface area contributed by atoms with Crippen LogP contribution >= 0.6 is 0 Å². The molecule has 1 aromatic carbocycles. The fourth-order valence-electron chi connectivity index (χ4n) is 2.73. The minimum absolute atomic E-state index is 0.116. The first kappa shape index (κ1) is 14.2. The van der Waals surface area contributed by atoms with E-state index < -0.39 is 0 Å². The van der Waals surface area contributed by atoms with Gasteiger partial charge < -0.3 is 4.90 Å². The van der Waals surface area contributed by atoms with Gasteiger partial charge in [0.1, 0.15) is 5.82 Å². The van der Waals surface area contributed by atoms with Gasteiger partial charge in [0.2, 0.25) is 0 Å². The average Bonchev–Trinajstić information content (AvgIpc) is 2.39. The molecule has 0 bridgehead atoms. The average molecular weight is 263 g/mol. The van der Waals surface area contributed by atoms with Crippen LogP contribution in [0.15, 0.2) is 24.3 Å². The predicted octanol–water partition coefficient (Wildman–Crippen LogP) is 3.52. The van der Waals surface area contributed by atoms with Crippen molar-refractivity contribution >= 4 is 5.78 Å². The van der Waals surface area contributed by atoms with Gasteiger partial charge in [-0.1, -0.05) is 6.92 Å². The molecule has 0 saturated carbocycles. The smallest absolute Gasteiger partial charge is 0.162 e. The zero-order chi connectivity index (χ0) is 13.7. The van der Waals surface area contributed by atoms with Gasteiger partial charge >= 0.3 is 0 Å². The van der Waals surface area contributed by atoms with E-state index in [2.05, 4.69) is 11.8 Å². The Kier molecular flexibility index (Phi) is 5.08. The maximum Gasteiger partial charge on any atom is 0.162 e. The lowest BCUT2D eigenvalue weighted by molar-refractivity contribution is 0.0970. The fraction of sp³-hybridized carbons (Fsp3) is 0.562. The first-order valence-corrected chi connectivity index (χ1v) is 7.16. The molecule has 104 valence electrons. The van der Waals surface area contributed by atoms with Crippen molar-refractivity contribution in [1.82, 2.24) is 4.90 Å². The molecular formula is C16H22FNO. The zero-order valence-corrected chi connectivity index (χ0v) is 11.6. The van der Waals surface area contributed by atoms with Crippen molar-refractivity contribution in [2.24, 2.45) is 5.92 Å². The molecule has 0 amide bonds. The molecular weight excluding hydrogens is 241 g/mol. The Hall–Kier alpha value is -1.22. The van der Waals surface area contributed by atoms with Gasteiger partial charge in [-0.15, -0.1) is 0 Å². The van der Waals surface area contributed by atoms with E-state index in [4.69, 9.17) is 0 Å². The molecule has 0 N–H and O–H groups in total. The third-order valence-corrected chi connectivity index (χ3v) is 3.79. The van der Waals surface area contributed by atoms with E-state index in [1.165, 1.54) is 25.0 Å². The molecule has 19 heavy (non-hydrogen) atoms. The molecule has 0 unspecified atom stereocenters. The van der Waals surface area contributed by atoms with Crippen LogP contribution < -0.4 is 0 Å². The number of carbonyl (C=O) groups is 1. The van der Waals surface area contributed by atoms with E-state index in [0.717, 1.165) is 32.0 Å². The highest BCUT2D eigenvalue weighted by atomic mass is 19.1. The van der Waals surface area contributed by atoms with Crippen LogP contribution in [0.5, 0.6) is 0 Å². The summed E-state index contributed by atoms with van der Waals surface area (Å²) in [7, 11) is 0. The van der Waals surface area contributed by atoms with E-state index in [1.807, 2.05) is 0 Å². The number of piperidine rings is 1. The molecule has 1 atom stereocenters. The molecule has 0 radical (unpaired) electrons. The lowest BCUT2D eigenvalue weighted by atomic mass is 10.00. The van der Waals surface area contributed by atoms with Crippen LogP contribution in [0.4, 0.5) is 4.39 Å². The molecule has 1 aromatic rings. The summed E-state index contributed by atoms with van der Waals surface area (Å²) in [6.07, 6.45) is 4.04. The number of hydrogen-bond donors (Lipinski definition) is 0. The lowest BCUT2D eigenvalue weighted by Crippen LogP contribution is -2.35. The Morgan fingerprint density at radius 3 is 2.79 bits per heavy atom. The van der Waals surface area contributed by atoms with Crippen molar-refractivity contribution < 1.29 is 9.18 Å². The van der Waals surface area contributed by atoms with Crippen molar-refractivity contribution in [2.45, 2.75) is 32.6 Å². The van der Waals surface area contributed by atoms with E-state index in [0.29, 0.717) is 12.0 Å². The summed E-state index contributed by atoms with van der Waals surface area (Å²) >= 11 is 0. The normalized spacial score (nSPS) is 20.4. The molecule has 0 aliphatic carbocycles. The Bertz CT molecular complexity index is 415. The summed E-state index contributed by atoms with van der Waals surface area (Å²) in [5.41, 5.74) is 0.619. The van der Waals surface area contributed by atoms with Crippen LogP contribution in [-0.2, 0) is 0 Å². The van der Waals surface area contributed by atoms with Gasteiger partial charge in [0.15, 0.2) is 5.78 Å². The summed E-state index contributed by atoms with van der Waals surface area (Å²) in [6, 6.07) is 5.83. The van der Waals surface area contributed by atoms with Crippen LogP contribution in [-0.4, -0.2) is 30.3 Å². The zero-order valence-electron chi connectivity index (χ0n) is 11.6. The van der Waals surface area contributed by atoms with Gasteiger partial charge in [-0.2, -0.15) is 0 Å². The molecule has 1 aliphatic heterocycles. The van der Waals surface area contributed by atoms with Crippen molar-refractivity contribution in [3.8, 4) is 0 Å². The van der Waals surface area contributed by atoms with E-state index in [9.17, 15) is 9.18 Å². The highest BCUT2D eigenvalue weighted by Gasteiger charge is 2.16. The number of benzene rings is 1. The Morgan fingerprint density at radius 1 is 1.37 bits per heavy atom. The van der Waals surface area contributed by atoms with Gasteiger partial charge in [0.05, 0.1) is 0 Å². The van der Waals surface area contributed by atoms with Crippen LogP contribution in [0.25, 0.3) is 0 Å². The number of likely N-dealkylation sites (tertiary alicyclic amines) is 1. The quantitative estimate of drug-likeness (QED) is 0.758. The Balaban J connectivity index is 1.73. The van der Waals surface area contributed by atoms with Gasteiger partial charge in [0, 0.05) is 18.5 Å². The number of ketones is 1. The standard InChI is InChI=1S/C16H22FNO/c1-13-4-2-10-18(12-13)11-3-5-16(19)14-6-8-15(17)9-7-14/h6-9,13H,2-5,10-12H2,1H3/t13-/m1/s1. The molecule has 1 fully saturated rings. The molecule has 0 aromatic heterocycles. The minimum Gasteiger partial charge on any atom is -0.303 e. The summed E-state index contributed by atoms with van der Waals surface area (Å²) in [6.45, 7) is 5.60. The Morgan fingerprint density at radius 2 is 2.11 bits per heavy atom. The highest BCUT2D eigenvalue weighted by Crippen LogP contribution is 2.16. The van der Waals surface area contributed by atoms with E-state index in [1.54, 1.807) is 12.1 Å². The van der Waals surface area contributed by atoms with E-state index >= 15 is 0 Å². The maximum absolute atomic E-state index is 12.8. The molecule has 2 nitrogen and oxygen atoms in total. The first-order chi connectivity index (χ1) is 9.15. The first-order valence-electron chi connectivity index (χ1n) is 7.16. The molecule has 1 heterocycles. The van der Waals surface area contributed by atoms with Gasteiger partial charge in [-0.3, -0.25) is 4.79 Å². The monoisotopic (exact) mass is 263 g/mol. The second-order valence-electron chi connectivity index (χ2n) is 5.58. The summed E-state index contributed by atoms with van der Waals surface area (Å²) in [5.74, 6) is 0.602. The van der Waals surface area contributed by atoms with Gasteiger partial charge in [0.25, 0.3) is 0 Å². The summed E-state index contributed by atoms with van der Waals surface area (Å²) in [5, 5.41) is 0. The largest absolute Gasteiger partial charge is 0.303 e. The van der Waals surface area contributed by atoms with Gasteiger partial charge in [-0.05, 0) is 62.5 Å². The second-order valence-corrected chi connectivity index (χ2v) is 5.58.